The predicted molar refractivity (Wildman–Crippen MR) is 66.5 cm³/mol. The summed E-state index contributed by atoms with van der Waals surface area (Å²) in [6, 6.07) is 2.31. The van der Waals surface area contributed by atoms with E-state index in [9.17, 15) is 8.78 Å². The van der Waals surface area contributed by atoms with Crippen molar-refractivity contribution in [3.63, 3.8) is 0 Å². The topological polar surface area (TPSA) is 21.3 Å². The summed E-state index contributed by atoms with van der Waals surface area (Å²) in [5.74, 6) is -1.01. The minimum atomic E-state index is -0.508. The summed E-state index contributed by atoms with van der Waals surface area (Å²) in [5.41, 5.74) is 0.950. The van der Waals surface area contributed by atoms with Crippen LogP contribution in [0.1, 0.15) is 36.4 Å². The third-order valence-electron chi connectivity index (χ3n) is 3.51. The second-order valence-electron chi connectivity index (χ2n) is 4.79. The van der Waals surface area contributed by atoms with Crippen LogP contribution in [0.5, 0.6) is 0 Å². The molecule has 1 heterocycles. The summed E-state index contributed by atoms with van der Waals surface area (Å²) in [7, 11) is 1.78. The van der Waals surface area contributed by atoms with Gasteiger partial charge in [-0.1, -0.05) is 0 Å². The average molecular weight is 255 g/mol. The molecule has 1 aliphatic rings. The molecule has 2 unspecified atom stereocenters. The maximum absolute atomic E-state index is 13.9. The molecule has 2 rings (SSSR count). The van der Waals surface area contributed by atoms with E-state index < -0.39 is 11.6 Å². The zero-order valence-corrected chi connectivity index (χ0v) is 10.8. The number of benzene rings is 1. The van der Waals surface area contributed by atoms with E-state index in [0.717, 1.165) is 25.3 Å². The highest BCUT2D eigenvalue weighted by Crippen LogP contribution is 2.29. The summed E-state index contributed by atoms with van der Waals surface area (Å²) in [6.07, 6.45) is 3.01. The van der Waals surface area contributed by atoms with E-state index >= 15 is 0 Å². The number of likely N-dealkylation sites (N-methyl/N-ethyl adjacent to an activating group) is 1. The quantitative estimate of drug-likeness (QED) is 0.896. The van der Waals surface area contributed by atoms with Gasteiger partial charge in [0.15, 0.2) is 0 Å². The number of ether oxygens (including phenoxy) is 1. The molecule has 1 aromatic rings. The number of hydrogen-bond acceptors (Lipinski definition) is 2. The molecule has 0 spiro atoms. The van der Waals surface area contributed by atoms with Crippen LogP contribution in [0.15, 0.2) is 12.1 Å². The number of nitrogens with one attached hydrogen (secondary N) is 1. The Morgan fingerprint density at radius 1 is 1.28 bits per heavy atom. The van der Waals surface area contributed by atoms with Gasteiger partial charge in [-0.15, -0.1) is 0 Å². The number of aryl methyl sites for hydroxylation is 1. The average Bonchev–Trinajstić information content (AvgIpc) is 2.38. The molecule has 0 saturated carbocycles. The van der Waals surface area contributed by atoms with Gasteiger partial charge >= 0.3 is 0 Å². The zero-order valence-electron chi connectivity index (χ0n) is 10.8. The fraction of sp³-hybridized carbons (Fsp3) is 0.571. The molecule has 18 heavy (non-hydrogen) atoms. The first-order valence-electron chi connectivity index (χ1n) is 6.38. The minimum absolute atomic E-state index is 0.0388. The van der Waals surface area contributed by atoms with Crippen LogP contribution in [-0.4, -0.2) is 19.8 Å². The fourth-order valence-corrected chi connectivity index (χ4v) is 2.49. The largest absolute Gasteiger partial charge is 0.376 e. The van der Waals surface area contributed by atoms with Crippen LogP contribution < -0.4 is 5.32 Å². The fourth-order valence-electron chi connectivity index (χ4n) is 2.49. The smallest absolute Gasteiger partial charge is 0.131 e. The zero-order chi connectivity index (χ0) is 13.1. The normalized spacial score (nSPS) is 21.9. The summed E-state index contributed by atoms with van der Waals surface area (Å²) in [5, 5.41) is 3.09. The van der Waals surface area contributed by atoms with Crippen LogP contribution in [0.4, 0.5) is 8.78 Å². The Balaban J connectivity index is 2.28. The highest BCUT2D eigenvalue weighted by Gasteiger charge is 2.27. The van der Waals surface area contributed by atoms with Crippen molar-refractivity contribution >= 4 is 0 Å². The standard InChI is InChI=1S/C14H19F2NO/c1-9-7-10(12(16)8-11(9)15)14(17-2)13-5-3-4-6-18-13/h7-8,13-14,17H,3-6H2,1-2H3. The SMILES string of the molecule is CNC(c1cc(C)c(F)cc1F)C1CCCCO1. The second kappa shape index (κ2) is 5.76. The highest BCUT2D eigenvalue weighted by molar-refractivity contribution is 5.29. The Morgan fingerprint density at radius 2 is 2.06 bits per heavy atom. The summed E-state index contributed by atoms with van der Waals surface area (Å²) in [6.45, 7) is 2.36. The van der Waals surface area contributed by atoms with Gasteiger partial charge in [-0.2, -0.15) is 0 Å². The molecule has 0 bridgehead atoms. The van der Waals surface area contributed by atoms with Crippen LogP contribution in [0.2, 0.25) is 0 Å². The summed E-state index contributed by atoms with van der Waals surface area (Å²) >= 11 is 0. The number of hydrogen-bond donors (Lipinski definition) is 1. The Bertz CT molecular complexity index is 417. The van der Waals surface area contributed by atoms with Crippen molar-refractivity contribution in [1.29, 1.82) is 0 Å². The third-order valence-corrected chi connectivity index (χ3v) is 3.51. The van der Waals surface area contributed by atoms with E-state index in [1.807, 2.05) is 0 Å². The lowest BCUT2D eigenvalue weighted by atomic mass is 9.94. The molecule has 2 nitrogen and oxygen atoms in total. The van der Waals surface area contributed by atoms with Crippen LogP contribution in [0.3, 0.4) is 0 Å². The van der Waals surface area contributed by atoms with Gasteiger partial charge in [0.1, 0.15) is 11.6 Å². The van der Waals surface area contributed by atoms with Crippen LogP contribution in [-0.2, 0) is 4.74 Å². The van der Waals surface area contributed by atoms with Gasteiger partial charge in [0.25, 0.3) is 0 Å². The predicted octanol–water partition coefficient (Wildman–Crippen LogP) is 3.10. The highest BCUT2D eigenvalue weighted by atomic mass is 19.1. The molecule has 1 saturated heterocycles. The summed E-state index contributed by atoms with van der Waals surface area (Å²) in [4.78, 5) is 0. The molecule has 1 fully saturated rings. The first-order chi connectivity index (χ1) is 8.63. The van der Waals surface area contributed by atoms with Crippen molar-refractivity contribution in [2.45, 2.75) is 38.3 Å². The monoisotopic (exact) mass is 255 g/mol. The molecule has 100 valence electrons. The van der Waals surface area contributed by atoms with Gasteiger partial charge in [-0.05, 0) is 44.9 Å². The molecule has 1 aromatic carbocycles. The maximum atomic E-state index is 13.9. The Kier molecular flexibility index (Phi) is 4.30. The minimum Gasteiger partial charge on any atom is -0.376 e. The first kappa shape index (κ1) is 13.4. The van der Waals surface area contributed by atoms with Crippen molar-refractivity contribution in [2.24, 2.45) is 0 Å². The van der Waals surface area contributed by atoms with E-state index in [4.69, 9.17) is 4.74 Å². The van der Waals surface area contributed by atoms with Crippen LogP contribution >= 0.6 is 0 Å². The number of rotatable bonds is 3. The molecular formula is C14H19F2NO. The molecule has 1 N–H and O–H groups in total. The van der Waals surface area contributed by atoms with Gasteiger partial charge < -0.3 is 10.1 Å². The lowest BCUT2D eigenvalue weighted by Gasteiger charge is -2.31. The van der Waals surface area contributed by atoms with Crippen molar-refractivity contribution in [2.75, 3.05) is 13.7 Å². The van der Waals surface area contributed by atoms with E-state index in [2.05, 4.69) is 5.32 Å². The molecule has 1 aliphatic heterocycles. The first-order valence-corrected chi connectivity index (χ1v) is 6.38. The lowest BCUT2D eigenvalue weighted by molar-refractivity contribution is -0.00734. The van der Waals surface area contributed by atoms with Gasteiger partial charge in [0.05, 0.1) is 12.1 Å². The Labute approximate surface area is 106 Å². The molecule has 0 aliphatic carbocycles. The Morgan fingerprint density at radius 3 is 2.67 bits per heavy atom. The summed E-state index contributed by atoms with van der Waals surface area (Å²) < 4.78 is 32.9. The van der Waals surface area contributed by atoms with Crippen molar-refractivity contribution in [3.8, 4) is 0 Å². The molecule has 0 aromatic heterocycles. The molecule has 4 heteroatoms. The van der Waals surface area contributed by atoms with E-state index in [1.54, 1.807) is 20.0 Å². The second-order valence-corrected chi connectivity index (χ2v) is 4.79. The van der Waals surface area contributed by atoms with Gasteiger partial charge in [-0.25, -0.2) is 8.78 Å². The number of halogens is 2. The molecule has 0 radical (unpaired) electrons. The van der Waals surface area contributed by atoms with E-state index in [1.165, 1.54) is 0 Å². The van der Waals surface area contributed by atoms with Crippen molar-refractivity contribution in [1.82, 2.24) is 5.32 Å². The third kappa shape index (κ3) is 2.70. The molecule has 2 atom stereocenters. The lowest BCUT2D eigenvalue weighted by Crippen LogP contribution is -2.34. The van der Waals surface area contributed by atoms with Crippen molar-refractivity contribution < 1.29 is 13.5 Å². The van der Waals surface area contributed by atoms with Crippen molar-refractivity contribution in [3.05, 3.63) is 34.9 Å². The van der Waals surface area contributed by atoms with Gasteiger partial charge in [-0.3, -0.25) is 0 Å². The maximum Gasteiger partial charge on any atom is 0.131 e. The van der Waals surface area contributed by atoms with Crippen LogP contribution in [0, 0.1) is 18.6 Å². The van der Waals surface area contributed by atoms with E-state index in [0.29, 0.717) is 17.7 Å². The van der Waals surface area contributed by atoms with Crippen LogP contribution in [0.25, 0.3) is 0 Å². The van der Waals surface area contributed by atoms with E-state index in [-0.39, 0.29) is 12.1 Å². The van der Waals surface area contributed by atoms with Gasteiger partial charge in [0.2, 0.25) is 0 Å². The molecular weight excluding hydrogens is 236 g/mol. The van der Waals surface area contributed by atoms with Gasteiger partial charge in [0, 0.05) is 18.2 Å². The Hall–Kier alpha value is -1.00. The molecule has 0 amide bonds.